The Morgan fingerprint density at radius 1 is 1.61 bits per heavy atom. The van der Waals surface area contributed by atoms with Gasteiger partial charge in [-0.05, 0) is 31.0 Å². The summed E-state index contributed by atoms with van der Waals surface area (Å²) in [4.78, 5) is 4.04. The molecule has 1 unspecified atom stereocenters. The van der Waals surface area contributed by atoms with Gasteiger partial charge in [-0.15, -0.1) is 0 Å². The molecule has 0 saturated heterocycles. The number of pyridine rings is 1. The van der Waals surface area contributed by atoms with Crippen LogP contribution >= 0.6 is 0 Å². The lowest BCUT2D eigenvalue weighted by atomic mass is 10.1. The fraction of sp³-hybridized carbons (Fsp3) is 0.538. The second kappa shape index (κ2) is 7.66. The van der Waals surface area contributed by atoms with Crippen LogP contribution in [0.2, 0.25) is 0 Å². The van der Waals surface area contributed by atoms with Crippen molar-refractivity contribution in [1.82, 2.24) is 10.3 Å². The van der Waals surface area contributed by atoms with E-state index < -0.39 is 0 Å². The molecular weight excluding hydrogens is 228 g/mol. The van der Waals surface area contributed by atoms with Gasteiger partial charge in [0.25, 0.3) is 0 Å². The van der Waals surface area contributed by atoms with Gasteiger partial charge >= 0.3 is 0 Å². The van der Waals surface area contributed by atoms with Crippen LogP contribution < -0.4 is 11.1 Å². The van der Waals surface area contributed by atoms with E-state index in [1.807, 2.05) is 12.1 Å². The van der Waals surface area contributed by atoms with Crippen LogP contribution in [0.25, 0.3) is 0 Å². The van der Waals surface area contributed by atoms with Crippen LogP contribution in [-0.4, -0.2) is 22.1 Å². The Morgan fingerprint density at radius 3 is 3.06 bits per heavy atom. The summed E-state index contributed by atoms with van der Waals surface area (Å²) < 4.78 is 0. The first-order valence-electron chi connectivity index (χ1n) is 6.33. The van der Waals surface area contributed by atoms with Gasteiger partial charge in [-0.25, -0.2) is 0 Å². The summed E-state index contributed by atoms with van der Waals surface area (Å²) >= 11 is 0. The number of hydrogen-bond donors (Lipinski definition) is 3. The number of unbranched alkanes of at least 4 members (excludes halogenated alkanes) is 1. The Balaban J connectivity index is 2.52. The highest BCUT2D eigenvalue weighted by molar-refractivity contribution is 5.95. The summed E-state index contributed by atoms with van der Waals surface area (Å²) in [5, 5.41) is 15.0. The molecule has 1 aromatic heterocycles. The van der Waals surface area contributed by atoms with E-state index >= 15 is 0 Å². The second-order valence-corrected chi connectivity index (χ2v) is 4.46. The molecule has 0 radical (unpaired) electrons. The second-order valence-electron chi connectivity index (χ2n) is 4.46. The predicted molar refractivity (Wildman–Crippen MR) is 72.6 cm³/mol. The SMILES string of the molecule is CCCCC(C)NCc1ccnc(C(N)=NO)c1. The fourth-order valence-electron chi connectivity index (χ4n) is 1.68. The molecule has 5 heteroatoms. The molecule has 0 spiro atoms. The molecular formula is C13H22N4O. The summed E-state index contributed by atoms with van der Waals surface area (Å²) in [6, 6.07) is 4.24. The maximum Gasteiger partial charge on any atom is 0.188 e. The Kier molecular flexibility index (Phi) is 6.14. The smallest absolute Gasteiger partial charge is 0.188 e. The lowest BCUT2D eigenvalue weighted by molar-refractivity contribution is 0.318. The van der Waals surface area contributed by atoms with Gasteiger partial charge in [0.1, 0.15) is 5.69 Å². The van der Waals surface area contributed by atoms with Gasteiger partial charge in [0.05, 0.1) is 0 Å². The van der Waals surface area contributed by atoms with Crippen LogP contribution in [0.15, 0.2) is 23.5 Å². The number of nitrogens with zero attached hydrogens (tertiary/aromatic N) is 2. The minimum atomic E-state index is 0.0379. The van der Waals surface area contributed by atoms with Crippen molar-refractivity contribution in [2.24, 2.45) is 10.9 Å². The van der Waals surface area contributed by atoms with Crippen molar-refractivity contribution in [3.05, 3.63) is 29.6 Å². The monoisotopic (exact) mass is 250 g/mol. The van der Waals surface area contributed by atoms with E-state index in [-0.39, 0.29) is 5.84 Å². The van der Waals surface area contributed by atoms with Crippen LogP contribution in [0.1, 0.15) is 44.4 Å². The van der Waals surface area contributed by atoms with Crippen LogP contribution in [0.4, 0.5) is 0 Å². The zero-order valence-corrected chi connectivity index (χ0v) is 11.1. The van der Waals surface area contributed by atoms with E-state index in [0.717, 1.165) is 12.1 Å². The third-order valence-electron chi connectivity index (χ3n) is 2.84. The molecule has 5 nitrogen and oxygen atoms in total. The lowest BCUT2D eigenvalue weighted by Gasteiger charge is -2.13. The van der Waals surface area contributed by atoms with E-state index in [1.165, 1.54) is 19.3 Å². The molecule has 1 heterocycles. The molecule has 1 aromatic rings. The zero-order valence-electron chi connectivity index (χ0n) is 11.1. The molecule has 18 heavy (non-hydrogen) atoms. The summed E-state index contributed by atoms with van der Waals surface area (Å²) in [5.41, 5.74) is 7.08. The van der Waals surface area contributed by atoms with E-state index in [0.29, 0.717) is 11.7 Å². The summed E-state index contributed by atoms with van der Waals surface area (Å²) in [7, 11) is 0. The van der Waals surface area contributed by atoms with Crippen LogP contribution in [0.5, 0.6) is 0 Å². The summed E-state index contributed by atoms with van der Waals surface area (Å²) in [6.45, 7) is 5.14. The standard InChI is InChI=1S/C13H22N4O/c1-3-4-5-10(2)16-9-11-6-7-15-12(8-11)13(14)17-18/h6-8,10,16,18H,3-5,9H2,1-2H3,(H2,14,17). The first kappa shape index (κ1) is 14.4. The average Bonchev–Trinajstić information content (AvgIpc) is 2.42. The van der Waals surface area contributed by atoms with Crippen LogP contribution in [0, 0.1) is 0 Å². The normalized spacial score (nSPS) is 13.6. The van der Waals surface area contributed by atoms with Gasteiger partial charge in [-0.3, -0.25) is 4.98 Å². The van der Waals surface area contributed by atoms with Crippen LogP contribution in [0.3, 0.4) is 0 Å². The molecule has 0 bridgehead atoms. The number of rotatable bonds is 7. The molecule has 0 aliphatic rings. The quantitative estimate of drug-likeness (QED) is 0.298. The Hall–Kier alpha value is -1.62. The highest BCUT2D eigenvalue weighted by atomic mass is 16.4. The largest absolute Gasteiger partial charge is 0.409 e. The molecule has 0 amide bonds. The van der Waals surface area contributed by atoms with Crippen molar-refractivity contribution >= 4 is 5.84 Å². The Morgan fingerprint density at radius 2 is 2.39 bits per heavy atom. The van der Waals surface area contributed by atoms with E-state index in [2.05, 4.69) is 29.3 Å². The molecule has 4 N–H and O–H groups in total. The topological polar surface area (TPSA) is 83.5 Å². The van der Waals surface area contributed by atoms with Gasteiger partial charge in [0.15, 0.2) is 5.84 Å². The zero-order chi connectivity index (χ0) is 13.4. The maximum atomic E-state index is 8.60. The number of nitrogens with one attached hydrogen (secondary N) is 1. The van der Waals surface area contributed by atoms with Gasteiger partial charge in [0, 0.05) is 18.8 Å². The van der Waals surface area contributed by atoms with Gasteiger partial charge in [-0.1, -0.05) is 24.9 Å². The highest BCUT2D eigenvalue weighted by Crippen LogP contribution is 2.04. The number of hydrogen-bond acceptors (Lipinski definition) is 4. The van der Waals surface area contributed by atoms with E-state index in [1.54, 1.807) is 6.20 Å². The molecule has 0 saturated carbocycles. The predicted octanol–water partition coefficient (Wildman–Crippen LogP) is 1.84. The van der Waals surface area contributed by atoms with Crippen molar-refractivity contribution in [3.8, 4) is 0 Å². The minimum Gasteiger partial charge on any atom is -0.409 e. The summed E-state index contributed by atoms with van der Waals surface area (Å²) in [5.74, 6) is 0.0379. The summed E-state index contributed by atoms with van der Waals surface area (Å²) in [6.07, 6.45) is 5.30. The Labute approximate surface area is 108 Å². The van der Waals surface area contributed by atoms with Crippen molar-refractivity contribution in [3.63, 3.8) is 0 Å². The van der Waals surface area contributed by atoms with Gasteiger partial charge in [0.2, 0.25) is 0 Å². The number of nitrogens with two attached hydrogens (primary N) is 1. The third-order valence-corrected chi connectivity index (χ3v) is 2.84. The number of aromatic nitrogens is 1. The molecule has 0 aliphatic heterocycles. The first-order valence-corrected chi connectivity index (χ1v) is 6.33. The molecule has 0 fully saturated rings. The van der Waals surface area contributed by atoms with E-state index in [9.17, 15) is 0 Å². The number of oxime groups is 1. The molecule has 100 valence electrons. The third kappa shape index (κ3) is 4.71. The lowest BCUT2D eigenvalue weighted by Crippen LogP contribution is -2.25. The average molecular weight is 250 g/mol. The highest BCUT2D eigenvalue weighted by Gasteiger charge is 2.04. The van der Waals surface area contributed by atoms with Gasteiger partial charge in [-0.2, -0.15) is 0 Å². The number of amidine groups is 1. The van der Waals surface area contributed by atoms with Gasteiger partial charge < -0.3 is 16.3 Å². The molecule has 1 rings (SSSR count). The Bertz CT molecular complexity index is 392. The maximum absolute atomic E-state index is 8.60. The van der Waals surface area contributed by atoms with Crippen LogP contribution in [-0.2, 0) is 6.54 Å². The van der Waals surface area contributed by atoms with Crippen molar-refractivity contribution < 1.29 is 5.21 Å². The van der Waals surface area contributed by atoms with Crippen molar-refractivity contribution in [2.45, 2.75) is 45.7 Å². The molecule has 0 aliphatic carbocycles. The van der Waals surface area contributed by atoms with Crippen molar-refractivity contribution in [1.29, 1.82) is 0 Å². The molecule has 0 aromatic carbocycles. The van der Waals surface area contributed by atoms with E-state index in [4.69, 9.17) is 10.9 Å². The fourth-order valence-corrected chi connectivity index (χ4v) is 1.68. The van der Waals surface area contributed by atoms with Crippen molar-refractivity contribution in [2.75, 3.05) is 0 Å². The first-order chi connectivity index (χ1) is 8.67. The molecule has 1 atom stereocenters. The minimum absolute atomic E-state index is 0.0379.